The number of piperazine rings is 1. The summed E-state index contributed by atoms with van der Waals surface area (Å²) in [5.74, 6) is -0.698. The second kappa shape index (κ2) is 9.02. The molecule has 1 aromatic heterocycles. The number of fused-ring (bicyclic) bond motifs is 1. The average molecular weight is 470 g/mol. The lowest BCUT2D eigenvalue weighted by Gasteiger charge is -2.35. The van der Waals surface area contributed by atoms with E-state index < -0.39 is 12.1 Å². The molecule has 1 aliphatic rings. The van der Waals surface area contributed by atoms with Crippen molar-refractivity contribution in [2.45, 2.75) is 19.6 Å². The molecule has 2 heterocycles. The van der Waals surface area contributed by atoms with Crippen LogP contribution in [-0.2, 0) is 16.1 Å². The minimum atomic E-state index is -0.837. The number of nitrogens with one attached hydrogen (secondary N) is 1. The van der Waals surface area contributed by atoms with Crippen LogP contribution in [0, 0.1) is 0 Å². The van der Waals surface area contributed by atoms with Crippen molar-refractivity contribution in [2.24, 2.45) is 0 Å². The van der Waals surface area contributed by atoms with Crippen LogP contribution in [0.15, 0.2) is 59.1 Å². The Morgan fingerprint density at radius 2 is 1.70 bits per heavy atom. The summed E-state index contributed by atoms with van der Waals surface area (Å²) < 4.78 is 6.13. The van der Waals surface area contributed by atoms with Gasteiger partial charge in [-0.25, -0.2) is 4.79 Å². The highest BCUT2D eigenvalue weighted by Gasteiger charge is 2.28. The van der Waals surface area contributed by atoms with Crippen LogP contribution in [0.4, 0.5) is 0 Å². The molecule has 3 aromatic rings. The van der Waals surface area contributed by atoms with Crippen LogP contribution < -0.4 is 0 Å². The number of hydrogen-bond acceptors (Lipinski definition) is 4. The van der Waals surface area contributed by atoms with Crippen LogP contribution in [0.1, 0.15) is 23.0 Å². The molecule has 0 saturated carbocycles. The molecular weight excluding hydrogens is 446 g/mol. The molecule has 0 radical (unpaired) electrons. The van der Waals surface area contributed by atoms with E-state index in [0.29, 0.717) is 23.3 Å². The highest BCUT2D eigenvalue weighted by molar-refractivity contribution is 9.10. The van der Waals surface area contributed by atoms with E-state index >= 15 is 0 Å². The third kappa shape index (κ3) is 4.42. The highest BCUT2D eigenvalue weighted by atomic mass is 79.9. The second-order valence-corrected chi connectivity index (χ2v) is 8.29. The van der Waals surface area contributed by atoms with Crippen molar-refractivity contribution in [3.05, 3.63) is 70.3 Å². The van der Waals surface area contributed by atoms with E-state index in [2.05, 4.69) is 37.9 Å². The van der Waals surface area contributed by atoms with E-state index in [9.17, 15) is 9.59 Å². The molecule has 2 aromatic carbocycles. The zero-order chi connectivity index (χ0) is 21.1. The van der Waals surface area contributed by atoms with Crippen molar-refractivity contribution >= 4 is 38.7 Å². The molecule has 1 N–H and O–H groups in total. The van der Waals surface area contributed by atoms with Gasteiger partial charge in [-0.3, -0.25) is 9.69 Å². The van der Waals surface area contributed by atoms with Crippen molar-refractivity contribution in [1.29, 1.82) is 0 Å². The lowest BCUT2D eigenvalue weighted by molar-refractivity contribution is -0.141. The number of benzene rings is 2. The van der Waals surface area contributed by atoms with E-state index in [-0.39, 0.29) is 5.91 Å². The molecule has 30 heavy (non-hydrogen) atoms. The number of nitrogens with zero attached hydrogens (tertiary/aromatic N) is 2. The molecule has 1 aliphatic heterocycles. The molecule has 156 valence electrons. The highest BCUT2D eigenvalue weighted by Crippen LogP contribution is 2.28. The largest absolute Gasteiger partial charge is 0.448 e. The van der Waals surface area contributed by atoms with Gasteiger partial charge in [0.15, 0.2) is 6.10 Å². The molecule has 7 heteroatoms. The summed E-state index contributed by atoms with van der Waals surface area (Å²) in [6.45, 7) is 5.37. The predicted octanol–water partition coefficient (Wildman–Crippen LogP) is 3.82. The smallest absolute Gasteiger partial charge is 0.356 e. The van der Waals surface area contributed by atoms with Gasteiger partial charge < -0.3 is 14.6 Å². The van der Waals surface area contributed by atoms with Gasteiger partial charge in [0.05, 0.1) is 4.47 Å². The zero-order valence-corrected chi connectivity index (χ0v) is 18.4. The number of para-hydroxylation sites is 1. The number of carbonyl (C=O) groups excluding carboxylic acids is 2. The van der Waals surface area contributed by atoms with Gasteiger partial charge in [0.1, 0.15) is 5.69 Å². The number of esters is 1. The average Bonchev–Trinajstić information content (AvgIpc) is 3.11. The Bertz CT molecular complexity index is 1040. The predicted molar refractivity (Wildman–Crippen MR) is 119 cm³/mol. The maximum Gasteiger partial charge on any atom is 0.356 e. The Kier molecular flexibility index (Phi) is 6.20. The SMILES string of the molecule is CC(OC(=O)c1[nH]c2ccccc2c1Br)C(=O)N1CCN(Cc2ccccc2)CC1. The van der Waals surface area contributed by atoms with Crippen molar-refractivity contribution < 1.29 is 14.3 Å². The van der Waals surface area contributed by atoms with Gasteiger partial charge in [-0.05, 0) is 34.5 Å². The maximum absolute atomic E-state index is 12.8. The van der Waals surface area contributed by atoms with Crippen LogP contribution in [0.25, 0.3) is 10.9 Å². The Morgan fingerprint density at radius 3 is 2.40 bits per heavy atom. The number of halogens is 1. The number of amides is 1. The van der Waals surface area contributed by atoms with Crippen LogP contribution in [0.5, 0.6) is 0 Å². The summed E-state index contributed by atoms with van der Waals surface area (Å²) in [6.07, 6.45) is -0.837. The Balaban J connectivity index is 1.32. The fraction of sp³-hybridized carbons (Fsp3) is 0.304. The molecule has 1 fully saturated rings. The molecular formula is C23H24BrN3O3. The number of hydrogen-bond donors (Lipinski definition) is 1. The van der Waals surface area contributed by atoms with Gasteiger partial charge in [-0.15, -0.1) is 0 Å². The van der Waals surface area contributed by atoms with E-state index in [4.69, 9.17) is 4.74 Å². The topological polar surface area (TPSA) is 65.6 Å². The van der Waals surface area contributed by atoms with Crippen molar-refractivity contribution in [3.8, 4) is 0 Å². The van der Waals surface area contributed by atoms with Gasteiger partial charge in [-0.2, -0.15) is 0 Å². The summed E-state index contributed by atoms with van der Waals surface area (Å²) in [5.41, 5.74) is 2.43. The fourth-order valence-corrected chi connectivity index (χ4v) is 4.35. The zero-order valence-electron chi connectivity index (χ0n) is 16.8. The molecule has 1 saturated heterocycles. The maximum atomic E-state index is 12.8. The monoisotopic (exact) mass is 469 g/mol. The number of ether oxygens (including phenoxy) is 1. The van der Waals surface area contributed by atoms with Crippen LogP contribution in [0.2, 0.25) is 0 Å². The third-order valence-corrected chi connectivity index (χ3v) is 6.24. The minimum absolute atomic E-state index is 0.157. The van der Waals surface area contributed by atoms with Gasteiger partial charge in [-0.1, -0.05) is 48.5 Å². The lowest BCUT2D eigenvalue weighted by Crippen LogP contribution is -2.51. The molecule has 1 amide bonds. The van der Waals surface area contributed by atoms with Gasteiger partial charge in [0.25, 0.3) is 5.91 Å². The first-order valence-corrected chi connectivity index (χ1v) is 10.8. The van der Waals surface area contributed by atoms with E-state index in [1.807, 2.05) is 42.5 Å². The van der Waals surface area contributed by atoms with Crippen molar-refractivity contribution in [1.82, 2.24) is 14.8 Å². The van der Waals surface area contributed by atoms with Gasteiger partial charge in [0.2, 0.25) is 0 Å². The first kappa shape index (κ1) is 20.6. The van der Waals surface area contributed by atoms with Crippen LogP contribution in [0.3, 0.4) is 0 Å². The molecule has 6 nitrogen and oxygen atoms in total. The quantitative estimate of drug-likeness (QED) is 0.576. The van der Waals surface area contributed by atoms with Gasteiger partial charge in [0, 0.05) is 43.6 Å². The van der Waals surface area contributed by atoms with E-state index in [0.717, 1.165) is 30.5 Å². The fourth-order valence-electron chi connectivity index (χ4n) is 3.74. The first-order chi connectivity index (χ1) is 14.5. The summed E-state index contributed by atoms with van der Waals surface area (Å²) in [6, 6.07) is 17.9. The number of aromatic amines is 1. The van der Waals surface area contributed by atoms with Crippen LogP contribution >= 0.6 is 15.9 Å². The Labute approximate surface area is 183 Å². The second-order valence-electron chi connectivity index (χ2n) is 7.49. The molecule has 4 rings (SSSR count). The normalized spacial score (nSPS) is 15.9. The molecule has 0 aliphatic carbocycles. The van der Waals surface area contributed by atoms with E-state index in [1.54, 1.807) is 11.8 Å². The van der Waals surface area contributed by atoms with Crippen molar-refractivity contribution in [3.63, 3.8) is 0 Å². The van der Waals surface area contributed by atoms with Crippen molar-refractivity contribution in [2.75, 3.05) is 26.2 Å². The van der Waals surface area contributed by atoms with Crippen LogP contribution in [-0.4, -0.2) is 58.9 Å². The number of rotatable bonds is 5. The van der Waals surface area contributed by atoms with E-state index in [1.165, 1.54) is 5.56 Å². The molecule has 1 atom stereocenters. The number of H-pyrrole nitrogens is 1. The molecule has 1 unspecified atom stereocenters. The Hall–Kier alpha value is -2.64. The minimum Gasteiger partial charge on any atom is -0.448 e. The standard InChI is InChI=1S/C23H24BrN3O3/c1-16(30-23(29)21-20(24)18-9-5-6-10-19(18)25-21)22(28)27-13-11-26(12-14-27)15-17-7-3-2-4-8-17/h2-10,16,25H,11-15H2,1H3. The number of aromatic nitrogens is 1. The molecule has 0 spiro atoms. The lowest BCUT2D eigenvalue weighted by atomic mass is 10.2. The third-order valence-electron chi connectivity index (χ3n) is 5.41. The first-order valence-electron chi connectivity index (χ1n) is 10.0. The van der Waals surface area contributed by atoms with Gasteiger partial charge >= 0.3 is 5.97 Å². The number of carbonyl (C=O) groups is 2. The summed E-state index contributed by atoms with van der Waals surface area (Å²) in [5, 5.41) is 0.901. The summed E-state index contributed by atoms with van der Waals surface area (Å²) >= 11 is 3.46. The molecule has 0 bridgehead atoms. The summed E-state index contributed by atoms with van der Waals surface area (Å²) in [7, 11) is 0. The Morgan fingerprint density at radius 1 is 1.03 bits per heavy atom. The summed E-state index contributed by atoms with van der Waals surface area (Å²) in [4.78, 5) is 32.6.